The highest BCUT2D eigenvalue weighted by atomic mass is 32.1. The van der Waals surface area contributed by atoms with Crippen LogP contribution in [0.4, 0.5) is 0 Å². The smallest absolute Gasteiger partial charge is 0.227 e. The Labute approximate surface area is 79.8 Å². The van der Waals surface area contributed by atoms with Gasteiger partial charge in [-0.3, -0.25) is 9.59 Å². The first-order valence-corrected chi connectivity index (χ1v) is 5.03. The van der Waals surface area contributed by atoms with Crippen molar-refractivity contribution in [3.63, 3.8) is 0 Å². The number of Topliss-reactive ketones (excluding diaryl/α,β-unsaturated/α-hetero) is 1. The van der Waals surface area contributed by atoms with E-state index in [4.69, 9.17) is 0 Å². The molecule has 0 saturated carbocycles. The highest BCUT2D eigenvalue weighted by Gasteiger charge is 2.25. The fourth-order valence-corrected chi connectivity index (χ4v) is 2.16. The van der Waals surface area contributed by atoms with Crippen LogP contribution in [-0.2, 0) is 9.59 Å². The van der Waals surface area contributed by atoms with E-state index in [1.54, 1.807) is 11.3 Å². The fraction of sp³-hybridized carbons (Fsp3) is 0.333. The van der Waals surface area contributed by atoms with Gasteiger partial charge in [0.1, 0.15) is 5.78 Å². The van der Waals surface area contributed by atoms with E-state index in [1.807, 2.05) is 16.8 Å². The number of amides is 1. The van der Waals surface area contributed by atoms with Crippen molar-refractivity contribution in [1.82, 2.24) is 5.32 Å². The summed E-state index contributed by atoms with van der Waals surface area (Å²) in [6, 6.07) is 1.84. The monoisotopic (exact) mass is 195 g/mol. The quantitative estimate of drug-likeness (QED) is 0.686. The van der Waals surface area contributed by atoms with Gasteiger partial charge < -0.3 is 5.32 Å². The molecule has 1 unspecified atom stereocenters. The summed E-state index contributed by atoms with van der Waals surface area (Å²) in [5.41, 5.74) is 1.03. The molecule has 1 aromatic rings. The summed E-state index contributed by atoms with van der Waals surface area (Å²) in [4.78, 5) is 22.2. The molecule has 4 heteroatoms. The lowest BCUT2D eigenvalue weighted by molar-refractivity contribution is -0.132. The van der Waals surface area contributed by atoms with Crippen LogP contribution < -0.4 is 5.32 Å². The number of hydrogen-bond acceptors (Lipinski definition) is 3. The standard InChI is InChI=1S/C9H9NO2S/c11-7-3-8(10-9(12)4-7)6-1-2-13-5-6/h1-2,5,8H,3-4H2,(H,10,12). The summed E-state index contributed by atoms with van der Waals surface area (Å²) in [5.74, 6) is -0.132. The predicted octanol–water partition coefficient (Wildman–Crippen LogP) is 1.27. The Kier molecular flexibility index (Phi) is 2.14. The van der Waals surface area contributed by atoms with E-state index in [2.05, 4.69) is 5.32 Å². The van der Waals surface area contributed by atoms with Crippen molar-refractivity contribution < 1.29 is 9.59 Å². The maximum absolute atomic E-state index is 11.1. The number of piperidine rings is 1. The predicted molar refractivity (Wildman–Crippen MR) is 49.4 cm³/mol. The van der Waals surface area contributed by atoms with Gasteiger partial charge in [0.05, 0.1) is 12.5 Å². The minimum atomic E-state index is -0.160. The van der Waals surface area contributed by atoms with E-state index in [9.17, 15) is 9.59 Å². The maximum atomic E-state index is 11.1. The van der Waals surface area contributed by atoms with Crippen molar-refractivity contribution in [2.24, 2.45) is 0 Å². The minimum Gasteiger partial charge on any atom is -0.348 e. The SMILES string of the molecule is O=C1CC(=O)NC(c2ccsc2)C1. The number of hydrogen-bond donors (Lipinski definition) is 1. The molecule has 2 rings (SSSR count). The van der Waals surface area contributed by atoms with Crippen LogP contribution in [0.25, 0.3) is 0 Å². The van der Waals surface area contributed by atoms with Crippen LogP contribution in [-0.4, -0.2) is 11.7 Å². The maximum Gasteiger partial charge on any atom is 0.227 e. The first-order valence-electron chi connectivity index (χ1n) is 4.09. The van der Waals surface area contributed by atoms with Crippen molar-refractivity contribution in [2.75, 3.05) is 0 Å². The summed E-state index contributed by atoms with van der Waals surface area (Å²) in [5, 5.41) is 6.70. The second kappa shape index (κ2) is 3.30. The average molecular weight is 195 g/mol. The van der Waals surface area contributed by atoms with Crippen molar-refractivity contribution in [3.05, 3.63) is 22.4 Å². The average Bonchev–Trinajstić information content (AvgIpc) is 2.53. The topological polar surface area (TPSA) is 46.2 Å². The molecule has 13 heavy (non-hydrogen) atoms. The third-order valence-corrected chi connectivity index (χ3v) is 2.77. The molecule has 1 saturated heterocycles. The first-order chi connectivity index (χ1) is 6.25. The van der Waals surface area contributed by atoms with Crippen LogP contribution in [0, 0.1) is 0 Å². The number of nitrogens with one attached hydrogen (secondary N) is 1. The number of thiophene rings is 1. The van der Waals surface area contributed by atoms with Gasteiger partial charge >= 0.3 is 0 Å². The zero-order valence-electron chi connectivity index (χ0n) is 6.95. The number of rotatable bonds is 1. The van der Waals surface area contributed by atoms with Crippen molar-refractivity contribution >= 4 is 23.0 Å². The molecule has 0 aliphatic carbocycles. The molecule has 2 heterocycles. The zero-order valence-corrected chi connectivity index (χ0v) is 7.76. The molecule has 3 nitrogen and oxygen atoms in total. The van der Waals surface area contributed by atoms with E-state index in [-0.39, 0.29) is 24.2 Å². The molecule has 0 bridgehead atoms. The van der Waals surface area contributed by atoms with E-state index in [1.165, 1.54) is 0 Å². The summed E-state index contributed by atoms with van der Waals surface area (Å²) < 4.78 is 0. The normalized spacial score (nSPS) is 22.9. The van der Waals surface area contributed by atoms with Crippen molar-refractivity contribution in [1.29, 1.82) is 0 Å². The van der Waals surface area contributed by atoms with Gasteiger partial charge in [-0.2, -0.15) is 11.3 Å². The third kappa shape index (κ3) is 1.78. The van der Waals surface area contributed by atoms with Gasteiger partial charge in [-0.25, -0.2) is 0 Å². The number of carbonyl (C=O) groups excluding carboxylic acids is 2. The summed E-state index contributed by atoms with van der Waals surface area (Å²) in [6.45, 7) is 0. The highest BCUT2D eigenvalue weighted by molar-refractivity contribution is 7.08. The Bertz CT molecular complexity index is 315. The fourth-order valence-electron chi connectivity index (χ4n) is 1.45. The Morgan fingerprint density at radius 3 is 2.92 bits per heavy atom. The Hall–Kier alpha value is -1.16. The number of ketones is 1. The largest absolute Gasteiger partial charge is 0.348 e. The minimum absolute atomic E-state index is 0.0277. The van der Waals surface area contributed by atoms with Crippen LogP contribution in [0.1, 0.15) is 24.4 Å². The van der Waals surface area contributed by atoms with Crippen LogP contribution in [0.5, 0.6) is 0 Å². The molecule has 0 aromatic carbocycles. The van der Waals surface area contributed by atoms with Crippen LogP contribution >= 0.6 is 11.3 Å². The van der Waals surface area contributed by atoms with Gasteiger partial charge in [-0.05, 0) is 22.4 Å². The molecule has 0 radical (unpaired) electrons. The van der Waals surface area contributed by atoms with Gasteiger partial charge in [0.15, 0.2) is 0 Å². The zero-order chi connectivity index (χ0) is 9.26. The van der Waals surface area contributed by atoms with Crippen molar-refractivity contribution in [3.8, 4) is 0 Å². The second-order valence-corrected chi connectivity index (χ2v) is 3.88. The number of carbonyl (C=O) groups is 2. The van der Waals surface area contributed by atoms with Gasteiger partial charge in [0, 0.05) is 6.42 Å². The molecule has 68 valence electrons. The molecule has 1 atom stereocenters. The molecule has 1 aliphatic heterocycles. The van der Waals surface area contributed by atoms with Crippen LogP contribution in [0.2, 0.25) is 0 Å². The third-order valence-electron chi connectivity index (χ3n) is 2.07. The summed E-state index contributed by atoms with van der Waals surface area (Å²) in [6.07, 6.45) is 0.475. The Morgan fingerprint density at radius 1 is 1.46 bits per heavy atom. The van der Waals surface area contributed by atoms with Crippen LogP contribution in [0.3, 0.4) is 0 Å². The summed E-state index contributed by atoms with van der Waals surface area (Å²) >= 11 is 1.57. The van der Waals surface area contributed by atoms with E-state index in [0.29, 0.717) is 6.42 Å². The van der Waals surface area contributed by atoms with Gasteiger partial charge in [-0.15, -0.1) is 0 Å². The molecule has 1 fully saturated rings. The Balaban J connectivity index is 2.16. The lowest BCUT2D eigenvalue weighted by Gasteiger charge is -2.21. The molecule has 0 spiro atoms. The molecular formula is C9H9NO2S. The van der Waals surface area contributed by atoms with E-state index < -0.39 is 0 Å². The molecular weight excluding hydrogens is 186 g/mol. The van der Waals surface area contributed by atoms with Crippen molar-refractivity contribution in [2.45, 2.75) is 18.9 Å². The van der Waals surface area contributed by atoms with Gasteiger partial charge in [-0.1, -0.05) is 0 Å². The molecule has 1 N–H and O–H groups in total. The Morgan fingerprint density at radius 2 is 2.31 bits per heavy atom. The van der Waals surface area contributed by atoms with Gasteiger partial charge in [0.25, 0.3) is 0 Å². The molecule has 1 amide bonds. The first kappa shape index (κ1) is 8.44. The van der Waals surface area contributed by atoms with E-state index >= 15 is 0 Å². The molecule has 1 aromatic heterocycles. The summed E-state index contributed by atoms with van der Waals surface area (Å²) in [7, 11) is 0. The highest BCUT2D eigenvalue weighted by Crippen LogP contribution is 2.23. The van der Waals surface area contributed by atoms with Gasteiger partial charge in [0.2, 0.25) is 5.91 Å². The van der Waals surface area contributed by atoms with Crippen LogP contribution in [0.15, 0.2) is 16.8 Å². The lowest BCUT2D eigenvalue weighted by Crippen LogP contribution is -2.36. The molecule has 1 aliphatic rings. The lowest BCUT2D eigenvalue weighted by atomic mass is 9.98. The second-order valence-electron chi connectivity index (χ2n) is 3.10. The van der Waals surface area contributed by atoms with E-state index in [0.717, 1.165) is 5.56 Å².